The average molecular weight is 241 g/mol. The van der Waals surface area contributed by atoms with Gasteiger partial charge in [-0.05, 0) is 26.8 Å². The van der Waals surface area contributed by atoms with Crippen LogP contribution in [0.4, 0.5) is 4.39 Å². The van der Waals surface area contributed by atoms with E-state index in [1.165, 1.54) is 6.07 Å². The fourth-order valence-electron chi connectivity index (χ4n) is 1.45. The number of phenolic OH excluding ortho intramolecular Hbond substituents is 1. The highest BCUT2D eigenvalue weighted by Crippen LogP contribution is 2.21. The number of ether oxygens (including phenoxy) is 1. The van der Waals surface area contributed by atoms with Gasteiger partial charge in [0.2, 0.25) is 0 Å². The van der Waals surface area contributed by atoms with Gasteiger partial charge in [-0.1, -0.05) is 6.07 Å². The Balaban J connectivity index is 2.67. The van der Waals surface area contributed by atoms with E-state index in [0.29, 0.717) is 12.1 Å². The van der Waals surface area contributed by atoms with Gasteiger partial charge in [0.25, 0.3) is 0 Å². The Kier molecular flexibility index (Phi) is 4.48. The van der Waals surface area contributed by atoms with Crippen molar-refractivity contribution in [1.29, 1.82) is 0 Å². The molecule has 1 aromatic rings. The fourth-order valence-corrected chi connectivity index (χ4v) is 1.45. The molecule has 4 heteroatoms. The van der Waals surface area contributed by atoms with Gasteiger partial charge in [0, 0.05) is 31.3 Å². The molecule has 0 aromatic heterocycles. The number of hydrogen-bond acceptors (Lipinski definition) is 3. The zero-order chi connectivity index (χ0) is 13.1. The van der Waals surface area contributed by atoms with Crippen molar-refractivity contribution in [3.05, 3.63) is 29.6 Å². The lowest BCUT2D eigenvalue weighted by molar-refractivity contribution is 0.0213. The molecule has 1 aromatic carbocycles. The van der Waals surface area contributed by atoms with Crippen LogP contribution in [0, 0.1) is 5.82 Å². The Morgan fingerprint density at radius 3 is 2.65 bits per heavy atom. The highest BCUT2D eigenvalue weighted by atomic mass is 19.1. The maximum Gasteiger partial charge on any atom is 0.131 e. The number of rotatable bonds is 5. The molecule has 0 saturated heterocycles. The SMILES string of the molecule is COC(C)(C)CNC(C)c1ccc(O)cc1F. The van der Waals surface area contributed by atoms with Crippen LogP contribution in [0.5, 0.6) is 5.75 Å². The lowest BCUT2D eigenvalue weighted by atomic mass is 10.1. The summed E-state index contributed by atoms with van der Waals surface area (Å²) in [6.07, 6.45) is 0. The molecule has 0 aliphatic rings. The summed E-state index contributed by atoms with van der Waals surface area (Å²) in [5.74, 6) is -0.462. The molecule has 0 fully saturated rings. The molecular formula is C13H20FNO2. The van der Waals surface area contributed by atoms with Gasteiger partial charge in [-0.3, -0.25) is 0 Å². The van der Waals surface area contributed by atoms with Gasteiger partial charge in [-0.15, -0.1) is 0 Å². The molecule has 96 valence electrons. The van der Waals surface area contributed by atoms with E-state index in [1.54, 1.807) is 13.2 Å². The van der Waals surface area contributed by atoms with Gasteiger partial charge in [0.05, 0.1) is 5.60 Å². The van der Waals surface area contributed by atoms with Gasteiger partial charge >= 0.3 is 0 Å². The zero-order valence-corrected chi connectivity index (χ0v) is 10.7. The van der Waals surface area contributed by atoms with Crippen molar-refractivity contribution in [2.75, 3.05) is 13.7 Å². The molecule has 2 N–H and O–H groups in total. The molecule has 1 rings (SSSR count). The molecule has 0 bridgehead atoms. The van der Waals surface area contributed by atoms with Gasteiger partial charge in [0.15, 0.2) is 0 Å². The van der Waals surface area contributed by atoms with Crippen molar-refractivity contribution in [2.45, 2.75) is 32.4 Å². The number of phenols is 1. The normalized spacial score (nSPS) is 13.7. The Labute approximate surface area is 102 Å². The third-order valence-electron chi connectivity index (χ3n) is 2.84. The van der Waals surface area contributed by atoms with Crippen LogP contribution in [-0.4, -0.2) is 24.4 Å². The fraction of sp³-hybridized carbons (Fsp3) is 0.538. The monoisotopic (exact) mass is 241 g/mol. The summed E-state index contributed by atoms with van der Waals surface area (Å²) in [4.78, 5) is 0. The van der Waals surface area contributed by atoms with E-state index in [4.69, 9.17) is 9.84 Å². The first-order valence-electron chi connectivity index (χ1n) is 5.62. The van der Waals surface area contributed by atoms with E-state index in [1.807, 2.05) is 20.8 Å². The molecule has 1 atom stereocenters. The molecule has 1 unspecified atom stereocenters. The minimum absolute atomic E-state index is 0.0596. The first-order chi connectivity index (χ1) is 7.85. The van der Waals surface area contributed by atoms with Crippen molar-refractivity contribution >= 4 is 0 Å². The van der Waals surface area contributed by atoms with Gasteiger partial charge in [-0.25, -0.2) is 4.39 Å². The van der Waals surface area contributed by atoms with Crippen LogP contribution < -0.4 is 5.32 Å². The Morgan fingerprint density at radius 2 is 2.12 bits per heavy atom. The maximum atomic E-state index is 13.6. The first kappa shape index (κ1) is 13.9. The summed E-state index contributed by atoms with van der Waals surface area (Å²) in [6.45, 7) is 6.41. The second-order valence-electron chi connectivity index (χ2n) is 4.77. The van der Waals surface area contributed by atoms with Crippen LogP contribution in [0.3, 0.4) is 0 Å². The van der Waals surface area contributed by atoms with E-state index in [0.717, 1.165) is 6.07 Å². The number of nitrogens with one attached hydrogen (secondary N) is 1. The molecule has 0 amide bonds. The molecule has 0 heterocycles. The summed E-state index contributed by atoms with van der Waals surface area (Å²) >= 11 is 0. The number of halogens is 1. The van der Waals surface area contributed by atoms with Crippen LogP contribution in [-0.2, 0) is 4.74 Å². The van der Waals surface area contributed by atoms with Crippen LogP contribution in [0.1, 0.15) is 32.4 Å². The summed E-state index contributed by atoms with van der Waals surface area (Å²) in [5.41, 5.74) is 0.247. The third kappa shape index (κ3) is 3.98. The van der Waals surface area contributed by atoms with Crippen molar-refractivity contribution in [1.82, 2.24) is 5.32 Å². The highest BCUT2D eigenvalue weighted by Gasteiger charge is 2.18. The van der Waals surface area contributed by atoms with Crippen molar-refractivity contribution in [3.8, 4) is 5.75 Å². The van der Waals surface area contributed by atoms with Gasteiger partial charge in [0.1, 0.15) is 11.6 Å². The predicted octanol–water partition coefficient (Wildman–Crippen LogP) is 2.61. The quantitative estimate of drug-likeness (QED) is 0.832. The summed E-state index contributed by atoms with van der Waals surface area (Å²) in [6, 6.07) is 4.06. The Morgan fingerprint density at radius 1 is 1.47 bits per heavy atom. The van der Waals surface area contributed by atoms with Gasteiger partial charge in [-0.2, -0.15) is 0 Å². The molecule has 0 radical (unpaired) electrons. The molecule has 0 aliphatic carbocycles. The zero-order valence-electron chi connectivity index (χ0n) is 10.7. The van der Waals surface area contributed by atoms with E-state index in [2.05, 4.69) is 5.32 Å². The molecule has 0 aliphatic heterocycles. The Hall–Kier alpha value is -1.13. The molecule has 17 heavy (non-hydrogen) atoms. The highest BCUT2D eigenvalue weighted by molar-refractivity contribution is 5.29. The maximum absolute atomic E-state index is 13.6. The topological polar surface area (TPSA) is 41.5 Å². The Bertz CT molecular complexity index is 380. The smallest absolute Gasteiger partial charge is 0.131 e. The minimum Gasteiger partial charge on any atom is -0.508 e. The van der Waals surface area contributed by atoms with Crippen molar-refractivity contribution in [3.63, 3.8) is 0 Å². The number of methoxy groups -OCH3 is 1. The van der Waals surface area contributed by atoms with Crippen LogP contribution in [0.25, 0.3) is 0 Å². The van der Waals surface area contributed by atoms with Crippen molar-refractivity contribution in [2.24, 2.45) is 0 Å². The van der Waals surface area contributed by atoms with Gasteiger partial charge < -0.3 is 15.2 Å². The molecule has 0 saturated carbocycles. The third-order valence-corrected chi connectivity index (χ3v) is 2.84. The van der Waals surface area contributed by atoms with Crippen LogP contribution in [0.15, 0.2) is 18.2 Å². The predicted molar refractivity (Wildman–Crippen MR) is 65.6 cm³/mol. The summed E-state index contributed by atoms with van der Waals surface area (Å²) < 4.78 is 18.8. The number of hydrogen-bond donors (Lipinski definition) is 2. The first-order valence-corrected chi connectivity index (χ1v) is 5.62. The van der Waals surface area contributed by atoms with Crippen LogP contribution >= 0.6 is 0 Å². The van der Waals surface area contributed by atoms with E-state index in [-0.39, 0.29) is 17.4 Å². The summed E-state index contributed by atoms with van der Waals surface area (Å²) in [7, 11) is 1.65. The van der Waals surface area contributed by atoms with E-state index in [9.17, 15) is 4.39 Å². The lowest BCUT2D eigenvalue weighted by Crippen LogP contribution is -2.38. The number of benzene rings is 1. The lowest BCUT2D eigenvalue weighted by Gasteiger charge is -2.26. The van der Waals surface area contributed by atoms with Crippen LogP contribution in [0.2, 0.25) is 0 Å². The minimum atomic E-state index is -0.403. The number of aromatic hydroxyl groups is 1. The second-order valence-corrected chi connectivity index (χ2v) is 4.77. The second kappa shape index (κ2) is 5.47. The van der Waals surface area contributed by atoms with Crippen molar-refractivity contribution < 1.29 is 14.2 Å². The molecule has 0 spiro atoms. The average Bonchev–Trinajstić information content (AvgIpc) is 2.26. The van der Waals surface area contributed by atoms with E-state index < -0.39 is 5.82 Å². The molecule has 3 nitrogen and oxygen atoms in total. The van der Waals surface area contributed by atoms with E-state index >= 15 is 0 Å². The standard InChI is InChI=1S/C13H20FNO2/c1-9(15-8-13(2,3)17-4)11-6-5-10(16)7-12(11)14/h5-7,9,15-16H,8H2,1-4H3. The summed E-state index contributed by atoms with van der Waals surface area (Å²) in [5, 5.41) is 12.3. The largest absolute Gasteiger partial charge is 0.508 e. The molecular weight excluding hydrogens is 221 g/mol.